The highest BCUT2D eigenvalue weighted by Gasteiger charge is 2.36. The van der Waals surface area contributed by atoms with Gasteiger partial charge < -0.3 is 19.8 Å². The monoisotopic (exact) mass is 567 g/mol. The van der Waals surface area contributed by atoms with E-state index < -0.39 is 6.04 Å². The molecule has 0 aliphatic heterocycles. The fraction of sp³-hybridized carbons (Fsp3) is 0.324. The molecule has 218 valence electrons. The van der Waals surface area contributed by atoms with E-state index in [-0.39, 0.29) is 30.1 Å². The van der Waals surface area contributed by atoms with E-state index in [2.05, 4.69) is 10.3 Å². The molecule has 1 atom stereocenters. The number of carbonyl (C=O) groups excluding carboxylic acids is 3. The van der Waals surface area contributed by atoms with Crippen molar-refractivity contribution in [2.24, 2.45) is 0 Å². The van der Waals surface area contributed by atoms with E-state index in [1.807, 2.05) is 30.5 Å². The summed E-state index contributed by atoms with van der Waals surface area (Å²) in [5, 5.41) is 4.19. The summed E-state index contributed by atoms with van der Waals surface area (Å²) in [4.78, 5) is 45.5. The van der Waals surface area contributed by atoms with Crippen molar-refractivity contribution in [2.75, 3.05) is 19.1 Å². The average molecular weight is 568 g/mol. The number of hydrogen-bond acceptors (Lipinski definition) is 5. The molecule has 1 aliphatic carbocycles. The van der Waals surface area contributed by atoms with Crippen molar-refractivity contribution >= 4 is 34.2 Å². The summed E-state index contributed by atoms with van der Waals surface area (Å²) in [6.45, 7) is 1.50. The van der Waals surface area contributed by atoms with Crippen molar-refractivity contribution < 1.29 is 23.9 Å². The fourth-order valence-electron chi connectivity index (χ4n) is 5.79. The van der Waals surface area contributed by atoms with Crippen LogP contribution in [0.5, 0.6) is 11.5 Å². The molecule has 1 saturated carbocycles. The predicted octanol–water partition coefficient (Wildman–Crippen LogP) is 6.15. The molecule has 1 aliphatic rings. The summed E-state index contributed by atoms with van der Waals surface area (Å²) in [7, 11) is 3.10. The van der Waals surface area contributed by atoms with Gasteiger partial charge in [-0.15, -0.1) is 0 Å². The van der Waals surface area contributed by atoms with Gasteiger partial charge in [-0.3, -0.25) is 19.3 Å². The summed E-state index contributed by atoms with van der Waals surface area (Å²) in [6.07, 6.45) is 6.95. The first kappa shape index (κ1) is 28.9. The topological polar surface area (TPSA) is 101 Å². The molecular formula is C34H37N3O5. The number of ketones is 1. The number of methoxy groups -OCH3 is 2. The van der Waals surface area contributed by atoms with Gasteiger partial charge in [0, 0.05) is 46.0 Å². The van der Waals surface area contributed by atoms with Crippen LogP contribution in [0.2, 0.25) is 0 Å². The molecule has 8 heteroatoms. The van der Waals surface area contributed by atoms with Gasteiger partial charge in [0.25, 0.3) is 0 Å². The molecule has 1 fully saturated rings. The van der Waals surface area contributed by atoms with Crippen molar-refractivity contribution in [1.82, 2.24) is 10.3 Å². The van der Waals surface area contributed by atoms with Crippen molar-refractivity contribution in [3.8, 4) is 11.5 Å². The van der Waals surface area contributed by atoms with Gasteiger partial charge in [-0.25, -0.2) is 0 Å². The largest absolute Gasteiger partial charge is 0.497 e. The van der Waals surface area contributed by atoms with Crippen molar-refractivity contribution in [2.45, 2.75) is 57.5 Å². The molecule has 0 spiro atoms. The third-order valence-electron chi connectivity index (χ3n) is 8.03. The number of aromatic amines is 1. The van der Waals surface area contributed by atoms with Gasteiger partial charge in [0.05, 0.1) is 20.6 Å². The van der Waals surface area contributed by atoms with Gasteiger partial charge in [0.2, 0.25) is 11.8 Å². The first-order valence-electron chi connectivity index (χ1n) is 14.4. The Balaban J connectivity index is 1.62. The lowest BCUT2D eigenvalue weighted by Gasteiger charge is -2.34. The molecule has 5 rings (SSSR count). The summed E-state index contributed by atoms with van der Waals surface area (Å²) in [6, 6.07) is 18.9. The van der Waals surface area contributed by atoms with E-state index in [0.717, 1.165) is 48.6 Å². The number of aromatic nitrogens is 1. The van der Waals surface area contributed by atoms with Gasteiger partial charge in [-0.05, 0) is 67.8 Å². The van der Waals surface area contributed by atoms with E-state index in [9.17, 15) is 14.4 Å². The van der Waals surface area contributed by atoms with E-state index in [4.69, 9.17) is 9.47 Å². The third kappa shape index (κ3) is 6.17. The molecule has 3 aromatic carbocycles. The maximum atomic E-state index is 14.4. The Labute approximate surface area is 246 Å². The second-order valence-corrected chi connectivity index (χ2v) is 10.8. The zero-order valence-electron chi connectivity index (χ0n) is 24.3. The van der Waals surface area contributed by atoms with Crippen molar-refractivity contribution in [3.05, 3.63) is 89.6 Å². The average Bonchev–Trinajstić information content (AvgIpc) is 3.42. The lowest BCUT2D eigenvalue weighted by Crippen LogP contribution is -2.47. The van der Waals surface area contributed by atoms with Crippen LogP contribution in [0, 0.1) is 0 Å². The lowest BCUT2D eigenvalue weighted by molar-refractivity contribution is -0.127. The number of carbonyl (C=O) groups is 3. The summed E-state index contributed by atoms with van der Waals surface area (Å²) in [5.41, 5.74) is 3.32. The minimum Gasteiger partial charge on any atom is -0.497 e. The molecule has 2 N–H and O–H groups in total. The first-order valence-corrected chi connectivity index (χ1v) is 14.4. The quantitative estimate of drug-likeness (QED) is 0.224. The molecule has 42 heavy (non-hydrogen) atoms. The highest BCUT2D eigenvalue weighted by atomic mass is 16.5. The van der Waals surface area contributed by atoms with E-state index in [0.29, 0.717) is 28.3 Å². The lowest BCUT2D eigenvalue weighted by atomic mass is 9.94. The Morgan fingerprint density at radius 3 is 2.38 bits per heavy atom. The van der Waals surface area contributed by atoms with Crippen LogP contribution in [0.15, 0.2) is 72.9 Å². The fourth-order valence-corrected chi connectivity index (χ4v) is 5.79. The van der Waals surface area contributed by atoms with Crippen LogP contribution < -0.4 is 19.7 Å². The van der Waals surface area contributed by atoms with Crippen LogP contribution in [0.1, 0.15) is 66.6 Å². The van der Waals surface area contributed by atoms with Gasteiger partial charge in [0.15, 0.2) is 5.78 Å². The summed E-state index contributed by atoms with van der Waals surface area (Å²) in [5.74, 6) is 0.375. The molecule has 1 heterocycles. The molecule has 1 unspecified atom stereocenters. The van der Waals surface area contributed by atoms with E-state index >= 15 is 0 Å². The van der Waals surface area contributed by atoms with Crippen LogP contribution in [-0.4, -0.2) is 42.8 Å². The second-order valence-electron chi connectivity index (χ2n) is 10.8. The molecule has 1 aromatic heterocycles. The number of anilines is 1. The number of fused-ring (bicyclic) bond motifs is 1. The molecule has 0 saturated heterocycles. The number of rotatable bonds is 10. The van der Waals surface area contributed by atoms with Crippen LogP contribution in [0.3, 0.4) is 0 Å². The smallest absolute Gasteiger partial charge is 0.248 e. The van der Waals surface area contributed by atoms with Gasteiger partial charge >= 0.3 is 0 Å². The van der Waals surface area contributed by atoms with Gasteiger partial charge in [-0.1, -0.05) is 37.5 Å². The van der Waals surface area contributed by atoms with Crippen LogP contribution in [0.4, 0.5) is 5.69 Å². The van der Waals surface area contributed by atoms with Crippen molar-refractivity contribution in [1.29, 1.82) is 0 Å². The minimum absolute atomic E-state index is 0.0312. The van der Waals surface area contributed by atoms with Gasteiger partial charge in [-0.2, -0.15) is 0 Å². The predicted molar refractivity (Wildman–Crippen MR) is 163 cm³/mol. The number of ether oxygens (including phenoxy) is 2. The van der Waals surface area contributed by atoms with E-state index in [1.54, 1.807) is 49.6 Å². The van der Waals surface area contributed by atoms with Crippen molar-refractivity contribution in [3.63, 3.8) is 0 Å². The standard InChI is InChI=1S/C34H37N3O5/c1-22(38)23-13-15-26(16-14-23)37(32(39)19-24-21-35-30-12-8-7-11-28(24)30)33(34(40)36-25-9-5-4-6-10-25)29-18-17-27(41-2)20-31(29)42-3/h7-8,11-18,20-21,25,33,35H,4-6,9-10,19H2,1-3H3,(H,36,40). The van der Waals surface area contributed by atoms with Crippen LogP contribution >= 0.6 is 0 Å². The summed E-state index contributed by atoms with van der Waals surface area (Å²) >= 11 is 0. The number of hydrogen-bond donors (Lipinski definition) is 2. The number of benzene rings is 3. The third-order valence-corrected chi connectivity index (χ3v) is 8.03. The highest BCUT2D eigenvalue weighted by Crippen LogP contribution is 2.37. The Hall–Kier alpha value is -4.59. The molecular weight excluding hydrogens is 530 g/mol. The van der Waals surface area contributed by atoms with Gasteiger partial charge in [0.1, 0.15) is 17.5 Å². The maximum Gasteiger partial charge on any atom is 0.248 e. The SMILES string of the molecule is COc1ccc(C(C(=O)NC2CCCCC2)N(C(=O)Cc2c[nH]c3ccccc23)c2ccc(C(C)=O)cc2)c(OC)c1. The number of amides is 2. The van der Waals surface area contributed by atoms with Crippen LogP contribution in [-0.2, 0) is 16.0 Å². The first-order chi connectivity index (χ1) is 20.4. The maximum absolute atomic E-state index is 14.4. The number of Topliss-reactive ketones (excluding diaryl/α,β-unsaturated/α-hetero) is 1. The Kier molecular flexibility index (Phi) is 8.91. The number of H-pyrrole nitrogens is 1. The second kappa shape index (κ2) is 12.9. The van der Waals surface area contributed by atoms with E-state index in [1.165, 1.54) is 18.9 Å². The highest BCUT2D eigenvalue weighted by molar-refractivity contribution is 6.04. The number of para-hydroxylation sites is 1. The number of nitrogens with zero attached hydrogens (tertiary/aromatic N) is 1. The molecule has 2 amide bonds. The zero-order valence-corrected chi connectivity index (χ0v) is 24.3. The molecule has 8 nitrogen and oxygen atoms in total. The Morgan fingerprint density at radius 1 is 0.952 bits per heavy atom. The Morgan fingerprint density at radius 2 is 1.69 bits per heavy atom. The Bertz CT molecular complexity index is 1570. The zero-order chi connectivity index (χ0) is 29.6. The minimum atomic E-state index is -1.03. The molecule has 0 bridgehead atoms. The summed E-state index contributed by atoms with van der Waals surface area (Å²) < 4.78 is 11.2. The normalized spacial score (nSPS) is 14.3. The van der Waals surface area contributed by atoms with Crippen LogP contribution in [0.25, 0.3) is 10.9 Å². The molecule has 4 aromatic rings. The molecule has 0 radical (unpaired) electrons. The number of nitrogens with one attached hydrogen (secondary N) is 2.